The van der Waals surface area contributed by atoms with Crippen molar-refractivity contribution in [3.05, 3.63) is 64.0 Å². The summed E-state index contributed by atoms with van der Waals surface area (Å²) in [6.07, 6.45) is -4.19. The number of halogens is 4. The molecule has 29 heavy (non-hydrogen) atoms. The predicted molar refractivity (Wildman–Crippen MR) is 105 cm³/mol. The largest absolute Gasteiger partial charge is 0.459 e. The van der Waals surface area contributed by atoms with Crippen LogP contribution in [0.1, 0.15) is 22.9 Å². The Bertz CT molecular complexity index is 1190. The van der Waals surface area contributed by atoms with Crippen LogP contribution in [-0.4, -0.2) is 25.9 Å². The van der Waals surface area contributed by atoms with Crippen molar-refractivity contribution >= 4 is 33.2 Å². The first kappa shape index (κ1) is 19.7. The molecule has 3 aromatic heterocycles. The highest BCUT2D eigenvalue weighted by molar-refractivity contribution is 7.17. The summed E-state index contributed by atoms with van der Waals surface area (Å²) in [5.74, 6) is -0.118. The first-order valence-electron chi connectivity index (χ1n) is 8.48. The molecule has 4 aromatic rings. The number of rotatable bonds is 4. The Kier molecular flexibility index (Phi) is 4.95. The van der Waals surface area contributed by atoms with E-state index in [0.717, 1.165) is 5.56 Å². The van der Waals surface area contributed by atoms with E-state index in [0.29, 0.717) is 15.9 Å². The van der Waals surface area contributed by atoms with Gasteiger partial charge >= 0.3 is 6.18 Å². The maximum Gasteiger partial charge on any atom is 0.429 e. The first-order chi connectivity index (χ1) is 13.7. The Labute approximate surface area is 172 Å². The highest BCUT2D eigenvalue weighted by atomic mass is 35.5. The normalized spacial score (nSPS) is 13.0. The molecule has 1 aromatic carbocycles. The molecular formula is C19H14ClF3N4OS. The molecule has 5 nitrogen and oxygen atoms in total. The van der Waals surface area contributed by atoms with E-state index in [1.807, 2.05) is 6.92 Å². The fourth-order valence-electron chi connectivity index (χ4n) is 2.94. The maximum absolute atomic E-state index is 14.1. The van der Waals surface area contributed by atoms with Gasteiger partial charge in [-0.25, -0.2) is 14.6 Å². The molecule has 1 unspecified atom stereocenters. The summed E-state index contributed by atoms with van der Waals surface area (Å²) < 4.78 is 49.5. The number of aromatic nitrogens is 4. The van der Waals surface area contributed by atoms with E-state index in [9.17, 15) is 13.2 Å². The molecule has 0 saturated carbocycles. The summed E-state index contributed by atoms with van der Waals surface area (Å²) in [7, 11) is 0. The Morgan fingerprint density at radius 1 is 1.17 bits per heavy atom. The van der Waals surface area contributed by atoms with Crippen molar-refractivity contribution in [3.8, 4) is 11.6 Å². The number of alkyl halides is 3. The summed E-state index contributed by atoms with van der Waals surface area (Å²) in [6.45, 7) is 3.57. The summed E-state index contributed by atoms with van der Waals surface area (Å²) in [4.78, 5) is 8.08. The van der Waals surface area contributed by atoms with Crippen LogP contribution in [0, 0.1) is 13.8 Å². The molecule has 0 radical (unpaired) electrons. The second-order valence-corrected chi connectivity index (χ2v) is 7.74. The highest BCUT2D eigenvalue weighted by Crippen LogP contribution is 2.41. The number of nitrogens with zero attached hydrogens (tertiary/aromatic N) is 4. The third-order valence-electron chi connectivity index (χ3n) is 4.27. The topological polar surface area (TPSA) is 52.8 Å². The zero-order valence-electron chi connectivity index (χ0n) is 15.2. The van der Waals surface area contributed by atoms with Gasteiger partial charge in [-0.2, -0.15) is 18.3 Å². The van der Waals surface area contributed by atoms with Crippen LogP contribution in [0.3, 0.4) is 0 Å². The van der Waals surface area contributed by atoms with Gasteiger partial charge < -0.3 is 4.74 Å². The zero-order chi connectivity index (χ0) is 20.8. The van der Waals surface area contributed by atoms with Crippen molar-refractivity contribution in [3.63, 3.8) is 0 Å². The van der Waals surface area contributed by atoms with Gasteiger partial charge in [0.15, 0.2) is 0 Å². The monoisotopic (exact) mass is 438 g/mol. The van der Waals surface area contributed by atoms with E-state index in [1.165, 1.54) is 40.5 Å². The minimum absolute atomic E-state index is 0.118. The van der Waals surface area contributed by atoms with Crippen LogP contribution < -0.4 is 4.74 Å². The number of hydrogen-bond donors (Lipinski definition) is 0. The number of thiophene rings is 1. The van der Waals surface area contributed by atoms with Crippen molar-refractivity contribution in [2.45, 2.75) is 26.1 Å². The molecule has 0 aliphatic heterocycles. The molecule has 10 heteroatoms. The van der Waals surface area contributed by atoms with Gasteiger partial charge in [-0.15, -0.1) is 11.3 Å². The van der Waals surface area contributed by atoms with Gasteiger partial charge in [-0.3, -0.25) is 0 Å². The fourth-order valence-corrected chi connectivity index (χ4v) is 4.04. The minimum Gasteiger partial charge on any atom is -0.459 e. The zero-order valence-corrected chi connectivity index (χ0v) is 16.8. The molecule has 0 aliphatic rings. The lowest BCUT2D eigenvalue weighted by Crippen LogP contribution is -2.27. The lowest BCUT2D eigenvalue weighted by Gasteiger charge is -2.24. The Morgan fingerprint density at radius 3 is 2.66 bits per heavy atom. The van der Waals surface area contributed by atoms with Crippen LogP contribution in [0.4, 0.5) is 13.2 Å². The van der Waals surface area contributed by atoms with Crippen LogP contribution in [0.25, 0.3) is 15.9 Å². The van der Waals surface area contributed by atoms with Crippen LogP contribution >= 0.6 is 22.9 Å². The molecule has 1 atom stereocenters. The van der Waals surface area contributed by atoms with Gasteiger partial charge in [-0.05, 0) is 43.0 Å². The van der Waals surface area contributed by atoms with Gasteiger partial charge in [0.25, 0.3) is 0 Å². The quantitative estimate of drug-likeness (QED) is 0.402. The molecule has 0 aliphatic carbocycles. The van der Waals surface area contributed by atoms with Crippen molar-refractivity contribution in [2.24, 2.45) is 0 Å². The number of hydrogen-bond acceptors (Lipinski definition) is 5. The van der Waals surface area contributed by atoms with Crippen molar-refractivity contribution in [1.29, 1.82) is 0 Å². The minimum atomic E-state index is -4.70. The average Bonchev–Trinajstić information content (AvgIpc) is 3.26. The molecular weight excluding hydrogens is 425 g/mol. The van der Waals surface area contributed by atoms with Gasteiger partial charge in [0.2, 0.25) is 12.0 Å². The van der Waals surface area contributed by atoms with Gasteiger partial charge in [0, 0.05) is 16.8 Å². The fraction of sp³-hybridized carbons (Fsp3) is 0.211. The van der Waals surface area contributed by atoms with E-state index in [4.69, 9.17) is 16.3 Å². The lowest BCUT2D eigenvalue weighted by atomic mass is 10.1. The molecule has 4 rings (SSSR count). The summed E-state index contributed by atoms with van der Waals surface area (Å²) in [5.41, 5.74) is 2.14. The Balaban J connectivity index is 1.85. The van der Waals surface area contributed by atoms with Crippen molar-refractivity contribution in [2.75, 3.05) is 0 Å². The predicted octanol–water partition coefficient (Wildman–Crippen LogP) is 5.83. The number of benzene rings is 1. The molecule has 0 N–H and O–H groups in total. The van der Waals surface area contributed by atoms with Gasteiger partial charge in [-0.1, -0.05) is 17.7 Å². The SMILES string of the molecule is Cc1ccn(-c2cc(Cl)ccc2C(Oc2ncnc3c(C)csc23)C(F)(F)F)n1. The number of fused-ring (bicyclic) bond motifs is 1. The van der Waals surface area contributed by atoms with Crippen molar-refractivity contribution < 1.29 is 17.9 Å². The molecule has 0 saturated heterocycles. The van der Waals surface area contributed by atoms with E-state index in [-0.39, 0.29) is 22.2 Å². The standard InChI is InChI=1S/C19H14ClF3N4OS/c1-10-8-29-16-15(10)24-9-25-18(16)28-17(19(21,22)23)13-4-3-12(20)7-14(13)27-6-5-11(2)26-27/h3-9,17H,1-2H3. The van der Waals surface area contributed by atoms with Crippen molar-refractivity contribution in [1.82, 2.24) is 19.7 Å². The van der Waals surface area contributed by atoms with Gasteiger partial charge in [0.1, 0.15) is 11.0 Å². The molecule has 150 valence electrons. The van der Waals surface area contributed by atoms with Gasteiger partial charge in [0.05, 0.1) is 16.9 Å². The van der Waals surface area contributed by atoms with E-state index in [2.05, 4.69) is 15.1 Å². The second-order valence-electron chi connectivity index (χ2n) is 6.42. The Hall–Kier alpha value is -2.65. The second kappa shape index (κ2) is 7.31. The third-order valence-corrected chi connectivity index (χ3v) is 5.58. The number of ether oxygens (including phenoxy) is 1. The molecule has 0 amide bonds. The molecule has 0 spiro atoms. The third kappa shape index (κ3) is 3.79. The molecule has 0 bridgehead atoms. The summed E-state index contributed by atoms with van der Waals surface area (Å²) >= 11 is 7.29. The van der Waals surface area contributed by atoms with E-state index in [1.54, 1.807) is 24.6 Å². The van der Waals surface area contributed by atoms with Crippen LogP contribution in [0.5, 0.6) is 5.88 Å². The van der Waals surface area contributed by atoms with Crippen LogP contribution in [0.15, 0.2) is 42.2 Å². The molecule has 0 fully saturated rings. The smallest absolute Gasteiger partial charge is 0.429 e. The highest BCUT2D eigenvalue weighted by Gasteiger charge is 2.45. The first-order valence-corrected chi connectivity index (χ1v) is 9.74. The van der Waals surface area contributed by atoms with E-state index < -0.39 is 12.3 Å². The summed E-state index contributed by atoms with van der Waals surface area (Å²) in [6, 6.07) is 5.81. The maximum atomic E-state index is 14.1. The molecule has 3 heterocycles. The average molecular weight is 439 g/mol. The van der Waals surface area contributed by atoms with E-state index >= 15 is 0 Å². The number of aryl methyl sites for hydroxylation is 2. The lowest BCUT2D eigenvalue weighted by molar-refractivity contribution is -0.198. The van der Waals surface area contributed by atoms with Crippen LogP contribution in [-0.2, 0) is 0 Å². The Morgan fingerprint density at radius 2 is 1.97 bits per heavy atom. The van der Waals surface area contributed by atoms with Crippen LogP contribution in [0.2, 0.25) is 5.02 Å². The summed E-state index contributed by atoms with van der Waals surface area (Å²) in [5, 5.41) is 6.31.